The van der Waals surface area contributed by atoms with E-state index in [9.17, 15) is 9.18 Å². The second kappa shape index (κ2) is 4.82. The first-order chi connectivity index (χ1) is 8.15. The largest absolute Gasteiger partial charge is 0.481 e. The first kappa shape index (κ1) is 11.4. The van der Waals surface area contributed by atoms with Gasteiger partial charge in [-0.05, 0) is 42.3 Å². The average Bonchev–Trinajstić information content (AvgIpc) is 2.76. The smallest absolute Gasteiger partial charge is 0.303 e. The summed E-state index contributed by atoms with van der Waals surface area (Å²) in [7, 11) is 0. The maximum atomic E-state index is 12.7. The van der Waals surface area contributed by atoms with Gasteiger partial charge in [0.25, 0.3) is 0 Å². The summed E-state index contributed by atoms with van der Waals surface area (Å²) in [5.41, 5.74) is 1.81. The van der Waals surface area contributed by atoms with Crippen molar-refractivity contribution in [3.05, 3.63) is 54.1 Å². The molecule has 0 spiro atoms. The molecule has 0 fully saturated rings. The molecule has 2 aromatic rings. The first-order valence-electron chi connectivity index (χ1n) is 5.30. The van der Waals surface area contributed by atoms with Crippen molar-refractivity contribution in [2.75, 3.05) is 0 Å². The number of hydrogen-bond acceptors (Lipinski definition) is 1. The zero-order valence-electron chi connectivity index (χ0n) is 9.14. The molecule has 0 saturated heterocycles. The lowest BCUT2D eigenvalue weighted by Crippen LogP contribution is -1.96. The van der Waals surface area contributed by atoms with E-state index in [-0.39, 0.29) is 12.2 Å². The minimum atomic E-state index is -0.806. The molecule has 1 aromatic heterocycles. The summed E-state index contributed by atoms with van der Waals surface area (Å²) in [6, 6.07) is 8.01. The molecule has 0 radical (unpaired) electrons. The molecule has 0 aliphatic carbocycles. The van der Waals surface area contributed by atoms with Crippen molar-refractivity contribution < 1.29 is 14.3 Å². The Labute approximate surface area is 98.1 Å². The average molecular weight is 233 g/mol. The summed E-state index contributed by atoms with van der Waals surface area (Å²) in [5.74, 6) is -1.08. The van der Waals surface area contributed by atoms with E-state index in [1.807, 2.05) is 23.0 Å². The normalized spacial score (nSPS) is 10.4. The van der Waals surface area contributed by atoms with Crippen molar-refractivity contribution in [3.8, 4) is 5.69 Å². The molecule has 0 saturated carbocycles. The maximum absolute atomic E-state index is 12.7. The molecule has 4 heteroatoms. The summed E-state index contributed by atoms with van der Waals surface area (Å²) >= 11 is 0. The maximum Gasteiger partial charge on any atom is 0.303 e. The Morgan fingerprint density at radius 1 is 1.24 bits per heavy atom. The van der Waals surface area contributed by atoms with E-state index in [0.29, 0.717) is 6.42 Å². The number of nitrogens with zero attached hydrogens (tertiary/aromatic N) is 1. The molecule has 3 nitrogen and oxygen atoms in total. The summed E-state index contributed by atoms with van der Waals surface area (Å²) < 4.78 is 14.6. The highest BCUT2D eigenvalue weighted by molar-refractivity contribution is 5.67. The second-order valence-corrected chi connectivity index (χ2v) is 3.80. The Morgan fingerprint density at radius 2 is 1.94 bits per heavy atom. The van der Waals surface area contributed by atoms with E-state index in [1.165, 1.54) is 12.1 Å². The number of rotatable bonds is 4. The molecule has 1 aromatic carbocycles. The molecule has 0 bridgehead atoms. The molecule has 0 amide bonds. The third-order valence-electron chi connectivity index (χ3n) is 2.51. The van der Waals surface area contributed by atoms with Gasteiger partial charge in [0.05, 0.1) is 0 Å². The van der Waals surface area contributed by atoms with Crippen LogP contribution in [0.15, 0.2) is 42.7 Å². The number of aliphatic carboxylic acids is 1. The van der Waals surface area contributed by atoms with Crippen molar-refractivity contribution in [3.63, 3.8) is 0 Å². The Bertz CT molecular complexity index is 516. The van der Waals surface area contributed by atoms with E-state index in [2.05, 4.69) is 0 Å². The molecule has 1 N–H and O–H groups in total. The predicted molar refractivity (Wildman–Crippen MR) is 61.7 cm³/mol. The van der Waals surface area contributed by atoms with Crippen LogP contribution in [0.3, 0.4) is 0 Å². The number of carboxylic acid groups (broad SMARTS) is 1. The van der Waals surface area contributed by atoms with Crippen LogP contribution in [0.1, 0.15) is 12.0 Å². The molecular weight excluding hydrogens is 221 g/mol. The lowest BCUT2D eigenvalue weighted by Gasteiger charge is -2.01. The number of aryl methyl sites for hydroxylation is 1. The Balaban J connectivity index is 2.12. The molecule has 0 unspecified atom stereocenters. The van der Waals surface area contributed by atoms with Crippen molar-refractivity contribution in [1.82, 2.24) is 4.57 Å². The van der Waals surface area contributed by atoms with Gasteiger partial charge in [-0.25, -0.2) is 4.39 Å². The van der Waals surface area contributed by atoms with Gasteiger partial charge >= 0.3 is 5.97 Å². The van der Waals surface area contributed by atoms with Gasteiger partial charge in [-0.2, -0.15) is 0 Å². The van der Waals surface area contributed by atoms with Crippen LogP contribution in [0, 0.1) is 5.82 Å². The SMILES string of the molecule is O=C(O)CCc1ccn(-c2ccc(F)cc2)c1. The fraction of sp³-hybridized carbons (Fsp3) is 0.154. The fourth-order valence-corrected chi connectivity index (χ4v) is 1.61. The number of carboxylic acids is 1. The van der Waals surface area contributed by atoms with Gasteiger partial charge in [-0.3, -0.25) is 4.79 Å². The number of halogens is 1. The topological polar surface area (TPSA) is 42.2 Å². The van der Waals surface area contributed by atoms with Crippen molar-refractivity contribution in [1.29, 1.82) is 0 Å². The van der Waals surface area contributed by atoms with E-state index >= 15 is 0 Å². The van der Waals surface area contributed by atoms with Crippen LogP contribution in [0.4, 0.5) is 4.39 Å². The molecule has 88 valence electrons. The van der Waals surface area contributed by atoms with Crippen molar-refractivity contribution >= 4 is 5.97 Å². The van der Waals surface area contributed by atoms with Gasteiger partial charge < -0.3 is 9.67 Å². The zero-order chi connectivity index (χ0) is 12.3. The van der Waals surface area contributed by atoms with Gasteiger partial charge in [0.2, 0.25) is 0 Å². The van der Waals surface area contributed by atoms with E-state index < -0.39 is 5.97 Å². The quantitative estimate of drug-likeness (QED) is 0.882. The number of hydrogen-bond donors (Lipinski definition) is 1. The lowest BCUT2D eigenvalue weighted by molar-refractivity contribution is -0.136. The minimum Gasteiger partial charge on any atom is -0.481 e. The Morgan fingerprint density at radius 3 is 2.59 bits per heavy atom. The number of benzene rings is 1. The lowest BCUT2D eigenvalue weighted by atomic mass is 10.2. The molecule has 0 atom stereocenters. The first-order valence-corrected chi connectivity index (χ1v) is 5.30. The van der Waals surface area contributed by atoms with Gasteiger partial charge in [-0.15, -0.1) is 0 Å². The van der Waals surface area contributed by atoms with E-state index in [4.69, 9.17) is 5.11 Å². The van der Waals surface area contributed by atoms with Crippen LogP contribution in [0.5, 0.6) is 0 Å². The third-order valence-corrected chi connectivity index (χ3v) is 2.51. The van der Waals surface area contributed by atoms with Crippen molar-refractivity contribution in [2.24, 2.45) is 0 Å². The van der Waals surface area contributed by atoms with Crippen LogP contribution in [0.2, 0.25) is 0 Å². The number of carbonyl (C=O) groups is 1. The van der Waals surface area contributed by atoms with Crippen LogP contribution in [0.25, 0.3) is 5.69 Å². The van der Waals surface area contributed by atoms with Crippen LogP contribution >= 0.6 is 0 Å². The standard InChI is InChI=1S/C13H12FNO2/c14-11-2-4-12(5-3-11)15-8-7-10(9-15)1-6-13(16)17/h2-5,7-9H,1,6H2,(H,16,17). The van der Waals surface area contributed by atoms with Crippen LogP contribution < -0.4 is 0 Å². The molecular formula is C13H12FNO2. The van der Waals surface area contributed by atoms with Crippen molar-refractivity contribution in [2.45, 2.75) is 12.8 Å². The Kier molecular flexibility index (Phi) is 3.23. The van der Waals surface area contributed by atoms with Crippen LogP contribution in [-0.2, 0) is 11.2 Å². The highest BCUT2D eigenvalue weighted by Gasteiger charge is 2.02. The molecule has 1 heterocycles. The highest BCUT2D eigenvalue weighted by atomic mass is 19.1. The predicted octanol–water partition coefficient (Wildman–Crippen LogP) is 2.63. The monoisotopic (exact) mass is 233 g/mol. The summed E-state index contributed by atoms with van der Waals surface area (Å²) in [6.07, 6.45) is 4.32. The van der Waals surface area contributed by atoms with Gasteiger partial charge in [0.1, 0.15) is 5.82 Å². The highest BCUT2D eigenvalue weighted by Crippen LogP contribution is 2.12. The molecule has 0 aliphatic heterocycles. The molecule has 2 rings (SSSR count). The minimum absolute atomic E-state index is 0.118. The summed E-state index contributed by atoms with van der Waals surface area (Å²) in [4.78, 5) is 10.4. The molecule has 0 aliphatic rings. The second-order valence-electron chi connectivity index (χ2n) is 3.80. The fourth-order valence-electron chi connectivity index (χ4n) is 1.61. The van der Waals surface area contributed by atoms with E-state index in [0.717, 1.165) is 11.3 Å². The Hall–Kier alpha value is -2.10. The van der Waals surface area contributed by atoms with Gasteiger partial charge in [0, 0.05) is 24.5 Å². The number of aromatic nitrogens is 1. The van der Waals surface area contributed by atoms with Gasteiger partial charge in [0.15, 0.2) is 0 Å². The molecule has 17 heavy (non-hydrogen) atoms. The van der Waals surface area contributed by atoms with Crippen LogP contribution in [-0.4, -0.2) is 15.6 Å². The van der Waals surface area contributed by atoms with Gasteiger partial charge in [-0.1, -0.05) is 0 Å². The van der Waals surface area contributed by atoms with E-state index in [1.54, 1.807) is 12.1 Å². The summed E-state index contributed by atoms with van der Waals surface area (Å²) in [6.45, 7) is 0. The summed E-state index contributed by atoms with van der Waals surface area (Å²) in [5, 5.41) is 8.58. The third kappa shape index (κ3) is 2.93. The zero-order valence-corrected chi connectivity index (χ0v) is 9.14.